The Morgan fingerprint density at radius 1 is 1.28 bits per heavy atom. The minimum Gasteiger partial charge on any atom is -0.366 e. The summed E-state index contributed by atoms with van der Waals surface area (Å²) in [6.07, 6.45) is 0. The lowest BCUT2D eigenvalue weighted by atomic mass is 9.85. The molecule has 1 atom stereocenters. The van der Waals surface area contributed by atoms with E-state index in [0.29, 0.717) is 11.7 Å². The topological polar surface area (TPSA) is 15.3 Å². The van der Waals surface area contributed by atoms with Gasteiger partial charge in [-0.2, -0.15) is 0 Å². The van der Waals surface area contributed by atoms with E-state index in [1.807, 2.05) is 4.90 Å². The third-order valence-corrected chi connectivity index (χ3v) is 3.47. The summed E-state index contributed by atoms with van der Waals surface area (Å²) < 4.78 is 26.7. The molecule has 0 aliphatic carbocycles. The minimum absolute atomic E-state index is 0.120. The summed E-state index contributed by atoms with van der Waals surface area (Å²) in [6.45, 7) is 8.79. The van der Waals surface area contributed by atoms with Crippen molar-refractivity contribution in [2.45, 2.75) is 26.8 Å². The Morgan fingerprint density at radius 3 is 2.61 bits per heavy atom. The van der Waals surface area contributed by atoms with Gasteiger partial charge in [-0.15, -0.1) is 0 Å². The van der Waals surface area contributed by atoms with Crippen molar-refractivity contribution in [2.75, 3.05) is 24.5 Å². The fraction of sp³-hybridized carbons (Fsp3) is 0.571. The van der Waals surface area contributed by atoms with E-state index in [4.69, 9.17) is 0 Å². The van der Waals surface area contributed by atoms with E-state index < -0.39 is 11.6 Å². The number of rotatable bonds is 1. The molecule has 0 amide bonds. The predicted octanol–water partition coefficient (Wildman–Crippen LogP) is 2.79. The van der Waals surface area contributed by atoms with Crippen LogP contribution in [-0.2, 0) is 0 Å². The summed E-state index contributed by atoms with van der Waals surface area (Å²) in [7, 11) is 0. The molecule has 1 heterocycles. The predicted molar refractivity (Wildman–Crippen MR) is 69.8 cm³/mol. The molecule has 1 N–H and O–H groups in total. The highest BCUT2D eigenvalue weighted by molar-refractivity contribution is 5.48. The molecule has 1 unspecified atom stereocenters. The van der Waals surface area contributed by atoms with Gasteiger partial charge in [0, 0.05) is 31.7 Å². The van der Waals surface area contributed by atoms with Crippen LogP contribution in [0.3, 0.4) is 0 Å². The summed E-state index contributed by atoms with van der Waals surface area (Å²) in [4.78, 5) is 1.99. The molecule has 2 rings (SSSR count). The van der Waals surface area contributed by atoms with Gasteiger partial charge in [0.25, 0.3) is 0 Å². The molecular weight excluding hydrogens is 234 g/mol. The van der Waals surface area contributed by atoms with E-state index in [-0.39, 0.29) is 5.41 Å². The SMILES string of the molecule is CC(C)(C)C1CN(c2ccc(F)cc2F)CCN1. The van der Waals surface area contributed by atoms with Crippen LogP contribution in [0.25, 0.3) is 0 Å². The first-order valence-corrected chi connectivity index (χ1v) is 6.31. The maximum Gasteiger partial charge on any atom is 0.149 e. The van der Waals surface area contributed by atoms with E-state index >= 15 is 0 Å². The van der Waals surface area contributed by atoms with Crippen LogP contribution >= 0.6 is 0 Å². The van der Waals surface area contributed by atoms with E-state index in [9.17, 15) is 8.78 Å². The minimum atomic E-state index is -0.529. The lowest BCUT2D eigenvalue weighted by molar-refractivity contribution is 0.253. The average Bonchev–Trinajstić information content (AvgIpc) is 2.28. The quantitative estimate of drug-likeness (QED) is 0.829. The Kier molecular flexibility index (Phi) is 3.57. The van der Waals surface area contributed by atoms with Gasteiger partial charge in [-0.1, -0.05) is 20.8 Å². The number of piperazine rings is 1. The molecule has 100 valence electrons. The summed E-state index contributed by atoms with van der Waals surface area (Å²) >= 11 is 0. The standard InChI is InChI=1S/C14H20F2N2/c1-14(2,3)13-9-18(7-6-17-13)12-5-4-10(15)8-11(12)16/h4-5,8,13,17H,6-7,9H2,1-3H3. The highest BCUT2D eigenvalue weighted by atomic mass is 19.1. The van der Waals surface area contributed by atoms with E-state index in [2.05, 4.69) is 26.1 Å². The van der Waals surface area contributed by atoms with Crippen LogP contribution in [0.5, 0.6) is 0 Å². The molecule has 1 aromatic carbocycles. The maximum absolute atomic E-state index is 13.8. The Bertz CT molecular complexity index is 426. The number of nitrogens with zero attached hydrogens (tertiary/aromatic N) is 1. The van der Waals surface area contributed by atoms with Gasteiger partial charge >= 0.3 is 0 Å². The van der Waals surface area contributed by atoms with Crippen LogP contribution in [0, 0.1) is 17.0 Å². The van der Waals surface area contributed by atoms with Crippen LogP contribution in [-0.4, -0.2) is 25.7 Å². The summed E-state index contributed by atoms with van der Waals surface area (Å²) in [5.74, 6) is -1.01. The van der Waals surface area contributed by atoms with E-state index in [0.717, 1.165) is 25.7 Å². The van der Waals surface area contributed by atoms with Gasteiger partial charge in [0.05, 0.1) is 5.69 Å². The zero-order valence-electron chi connectivity index (χ0n) is 11.1. The van der Waals surface area contributed by atoms with Crippen LogP contribution in [0.2, 0.25) is 0 Å². The van der Waals surface area contributed by atoms with Crippen molar-refractivity contribution in [3.63, 3.8) is 0 Å². The Labute approximate surface area is 107 Å². The molecule has 1 aliphatic heterocycles. The molecule has 0 saturated carbocycles. The van der Waals surface area contributed by atoms with Crippen LogP contribution in [0.1, 0.15) is 20.8 Å². The maximum atomic E-state index is 13.8. The van der Waals surface area contributed by atoms with Crippen LogP contribution in [0.15, 0.2) is 18.2 Å². The van der Waals surface area contributed by atoms with E-state index in [1.165, 1.54) is 12.1 Å². The lowest BCUT2D eigenvalue weighted by Crippen LogP contribution is -2.56. The second-order valence-electron chi connectivity index (χ2n) is 5.91. The highest BCUT2D eigenvalue weighted by Gasteiger charge is 2.30. The molecular formula is C14H20F2N2. The van der Waals surface area contributed by atoms with Crippen molar-refractivity contribution in [3.8, 4) is 0 Å². The molecule has 18 heavy (non-hydrogen) atoms. The van der Waals surface area contributed by atoms with Gasteiger partial charge in [0.15, 0.2) is 0 Å². The second kappa shape index (κ2) is 4.84. The number of hydrogen-bond donors (Lipinski definition) is 1. The fourth-order valence-corrected chi connectivity index (χ4v) is 2.29. The Balaban J connectivity index is 2.18. The third-order valence-electron chi connectivity index (χ3n) is 3.47. The van der Waals surface area contributed by atoms with Crippen molar-refractivity contribution in [1.29, 1.82) is 0 Å². The first-order chi connectivity index (χ1) is 8.38. The normalized spacial score (nSPS) is 21.2. The van der Waals surface area contributed by atoms with Gasteiger partial charge in [0.2, 0.25) is 0 Å². The Morgan fingerprint density at radius 2 is 2.00 bits per heavy atom. The number of anilines is 1. The van der Waals surface area contributed by atoms with Crippen LogP contribution < -0.4 is 10.2 Å². The second-order valence-corrected chi connectivity index (χ2v) is 5.91. The Hall–Kier alpha value is -1.16. The first-order valence-electron chi connectivity index (χ1n) is 6.31. The van der Waals surface area contributed by atoms with Crippen molar-refractivity contribution in [3.05, 3.63) is 29.8 Å². The molecule has 1 fully saturated rings. The molecule has 0 radical (unpaired) electrons. The molecule has 4 heteroatoms. The largest absolute Gasteiger partial charge is 0.366 e. The van der Waals surface area contributed by atoms with Crippen molar-refractivity contribution < 1.29 is 8.78 Å². The monoisotopic (exact) mass is 254 g/mol. The smallest absolute Gasteiger partial charge is 0.149 e. The number of hydrogen-bond acceptors (Lipinski definition) is 2. The number of nitrogens with one attached hydrogen (secondary N) is 1. The highest BCUT2D eigenvalue weighted by Crippen LogP contribution is 2.26. The van der Waals surface area contributed by atoms with Crippen molar-refractivity contribution in [2.24, 2.45) is 5.41 Å². The van der Waals surface area contributed by atoms with Crippen LogP contribution in [0.4, 0.5) is 14.5 Å². The number of halogens is 2. The summed E-state index contributed by atoms with van der Waals surface area (Å²) in [6, 6.07) is 4.09. The van der Waals surface area contributed by atoms with Crippen molar-refractivity contribution in [1.82, 2.24) is 5.32 Å². The molecule has 0 spiro atoms. The van der Waals surface area contributed by atoms with Gasteiger partial charge in [0.1, 0.15) is 11.6 Å². The third kappa shape index (κ3) is 2.80. The molecule has 1 aliphatic rings. The molecule has 2 nitrogen and oxygen atoms in total. The van der Waals surface area contributed by atoms with Gasteiger partial charge < -0.3 is 10.2 Å². The van der Waals surface area contributed by atoms with Gasteiger partial charge in [-0.05, 0) is 17.5 Å². The zero-order chi connectivity index (χ0) is 13.3. The van der Waals surface area contributed by atoms with Gasteiger partial charge in [-0.3, -0.25) is 0 Å². The van der Waals surface area contributed by atoms with Gasteiger partial charge in [-0.25, -0.2) is 8.78 Å². The average molecular weight is 254 g/mol. The molecule has 0 bridgehead atoms. The molecule has 0 aromatic heterocycles. The molecule has 1 saturated heterocycles. The lowest BCUT2D eigenvalue weighted by Gasteiger charge is -2.41. The van der Waals surface area contributed by atoms with E-state index in [1.54, 1.807) is 0 Å². The summed E-state index contributed by atoms with van der Waals surface area (Å²) in [5.41, 5.74) is 0.613. The molecule has 1 aromatic rings. The van der Waals surface area contributed by atoms with Crippen molar-refractivity contribution >= 4 is 5.69 Å². The number of benzene rings is 1. The summed E-state index contributed by atoms with van der Waals surface area (Å²) in [5, 5.41) is 3.45. The zero-order valence-corrected chi connectivity index (χ0v) is 11.1. The fourth-order valence-electron chi connectivity index (χ4n) is 2.29. The first kappa shape index (κ1) is 13.3.